The summed E-state index contributed by atoms with van der Waals surface area (Å²) in [7, 11) is 0.0341. The first kappa shape index (κ1) is 13.0. The number of hydrogen-bond donors (Lipinski definition) is 0. The van der Waals surface area contributed by atoms with Crippen molar-refractivity contribution in [3.8, 4) is 0 Å². The Bertz CT molecular complexity index is 92.9. The lowest BCUT2D eigenvalue weighted by atomic mass is 9.81. The average molecular weight is 186 g/mol. The third-order valence-electron chi connectivity index (χ3n) is 2.00. The molecule has 0 unspecified atom stereocenters. The molecule has 0 aliphatic rings. The lowest BCUT2D eigenvalue weighted by Gasteiger charge is -2.11. The van der Waals surface area contributed by atoms with Crippen molar-refractivity contribution in [1.29, 1.82) is 0 Å². The Labute approximate surface area is 83.1 Å². The van der Waals surface area contributed by atoms with Gasteiger partial charge < -0.3 is 9.31 Å². The van der Waals surface area contributed by atoms with Crippen LogP contribution in [0.25, 0.3) is 0 Å². The molecular formula is C10H23BO2. The lowest BCUT2D eigenvalue weighted by Crippen LogP contribution is -2.22. The maximum atomic E-state index is 5.44. The molecule has 0 rings (SSSR count). The van der Waals surface area contributed by atoms with E-state index < -0.39 is 0 Å². The van der Waals surface area contributed by atoms with Crippen LogP contribution in [0.4, 0.5) is 0 Å². The van der Waals surface area contributed by atoms with Crippen LogP contribution in [-0.2, 0) is 9.31 Å². The van der Waals surface area contributed by atoms with Crippen LogP contribution < -0.4 is 0 Å². The van der Waals surface area contributed by atoms with Crippen LogP contribution in [-0.4, -0.2) is 20.3 Å². The van der Waals surface area contributed by atoms with E-state index in [9.17, 15) is 0 Å². The number of hydrogen-bond acceptors (Lipinski definition) is 2. The van der Waals surface area contributed by atoms with Crippen molar-refractivity contribution in [3.05, 3.63) is 0 Å². The van der Waals surface area contributed by atoms with Crippen LogP contribution in [0.3, 0.4) is 0 Å². The predicted molar refractivity (Wildman–Crippen MR) is 58.0 cm³/mol. The SMILES string of the molecule is CCCCCCB(OCC)OCC. The minimum absolute atomic E-state index is 0.0341. The standard InChI is InChI=1S/C10H23BO2/c1-4-7-8-9-10-11(12-5-2)13-6-3/h4-10H2,1-3H3. The Kier molecular flexibility index (Phi) is 10.1. The lowest BCUT2D eigenvalue weighted by molar-refractivity contribution is 0.212. The molecule has 0 aliphatic carbocycles. The average Bonchev–Trinajstić information content (AvgIpc) is 2.13. The Morgan fingerprint density at radius 1 is 0.846 bits per heavy atom. The molecule has 0 heterocycles. The molecule has 0 aromatic carbocycles. The van der Waals surface area contributed by atoms with Gasteiger partial charge in [0.1, 0.15) is 0 Å². The zero-order valence-electron chi connectivity index (χ0n) is 9.34. The van der Waals surface area contributed by atoms with Gasteiger partial charge in [0.05, 0.1) is 0 Å². The van der Waals surface area contributed by atoms with E-state index in [1.807, 2.05) is 13.8 Å². The van der Waals surface area contributed by atoms with Crippen molar-refractivity contribution in [3.63, 3.8) is 0 Å². The fourth-order valence-corrected chi connectivity index (χ4v) is 1.32. The van der Waals surface area contributed by atoms with Gasteiger partial charge in [0.2, 0.25) is 0 Å². The largest absolute Gasteiger partial charge is 0.456 e. The second kappa shape index (κ2) is 10.1. The van der Waals surface area contributed by atoms with E-state index >= 15 is 0 Å². The second-order valence-corrected chi connectivity index (χ2v) is 3.19. The van der Waals surface area contributed by atoms with E-state index in [4.69, 9.17) is 9.31 Å². The summed E-state index contributed by atoms with van der Waals surface area (Å²) in [6.07, 6.45) is 6.17. The molecule has 13 heavy (non-hydrogen) atoms. The van der Waals surface area contributed by atoms with E-state index in [-0.39, 0.29) is 7.12 Å². The molecule has 0 saturated carbocycles. The molecular weight excluding hydrogens is 163 g/mol. The maximum absolute atomic E-state index is 5.44. The summed E-state index contributed by atoms with van der Waals surface area (Å²) >= 11 is 0. The summed E-state index contributed by atoms with van der Waals surface area (Å²) in [6, 6.07) is 0. The normalized spacial score (nSPS) is 10.4. The number of unbranched alkanes of at least 4 members (excludes halogenated alkanes) is 3. The molecule has 0 bridgehead atoms. The van der Waals surface area contributed by atoms with E-state index in [0.29, 0.717) is 0 Å². The summed E-state index contributed by atoms with van der Waals surface area (Å²) in [4.78, 5) is 0. The molecule has 0 aliphatic heterocycles. The van der Waals surface area contributed by atoms with Gasteiger partial charge in [-0.2, -0.15) is 0 Å². The van der Waals surface area contributed by atoms with Crippen LogP contribution in [0.5, 0.6) is 0 Å². The van der Waals surface area contributed by atoms with Crippen LogP contribution in [0.2, 0.25) is 6.32 Å². The van der Waals surface area contributed by atoms with Gasteiger partial charge in [0, 0.05) is 13.2 Å². The van der Waals surface area contributed by atoms with Gasteiger partial charge >= 0.3 is 7.12 Å². The van der Waals surface area contributed by atoms with Gasteiger partial charge in [0.25, 0.3) is 0 Å². The Morgan fingerprint density at radius 3 is 1.92 bits per heavy atom. The van der Waals surface area contributed by atoms with E-state index in [0.717, 1.165) is 19.5 Å². The highest BCUT2D eigenvalue weighted by Gasteiger charge is 2.15. The molecule has 3 heteroatoms. The van der Waals surface area contributed by atoms with Crippen LogP contribution in [0.15, 0.2) is 0 Å². The molecule has 0 aromatic rings. The van der Waals surface area contributed by atoms with E-state index in [2.05, 4.69) is 6.92 Å². The summed E-state index contributed by atoms with van der Waals surface area (Å²) in [5, 5.41) is 0. The maximum Gasteiger partial charge on any atom is 0.456 e. The van der Waals surface area contributed by atoms with E-state index in [1.54, 1.807) is 0 Å². The minimum atomic E-state index is 0.0341. The Balaban J connectivity index is 3.33. The molecule has 0 aromatic heterocycles. The van der Waals surface area contributed by atoms with Gasteiger partial charge in [-0.05, 0) is 20.2 Å². The molecule has 2 nitrogen and oxygen atoms in total. The molecule has 0 atom stereocenters. The molecule has 0 fully saturated rings. The van der Waals surface area contributed by atoms with Gasteiger partial charge in [0.15, 0.2) is 0 Å². The van der Waals surface area contributed by atoms with Crippen LogP contribution >= 0.6 is 0 Å². The molecule has 0 saturated heterocycles. The fraction of sp³-hybridized carbons (Fsp3) is 1.00. The minimum Gasteiger partial charge on any atom is -0.411 e. The Morgan fingerprint density at radius 2 is 1.46 bits per heavy atom. The molecule has 0 amide bonds. The quantitative estimate of drug-likeness (QED) is 0.406. The van der Waals surface area contributed by atoms with Gasteiger partial charge in [-0.15, -0.1) is 0 Å². The topological polar surface area (TPSA) is 18.5 Å². The van der Waals surface area contributed by atoms with Crippen molar-refractivity contribution < 1.29 is 9.31 Å². The van der Waals surface area contributed by atoms with Crippen LogP contribution in [0.1, 0.15) is 46.5 Å². The van der Waals surface area contributed by atoms with Gasteiger partial charge in [-0.1, -0.05) is 32.6 Å². The predicted octanol–water partition coefficient (Wildman–Crippen LogP) is 3.13. The summed E-state index contributed by atoms with van der Waals surface area (Å²) < 4.78 is 10.9. The zero-order valence-corrected chi connectivity index (χ0v) is 9.34. The first-order valence-electron chi connectivity index (χ1n) is 5.58. The molecule has 0 spiro atoms. The third-order valence-corrected chi connectivity index (χ3v) is 2.00. The Hall–Kier alpha value is -0.0151. The summed E-state index contributed by atoms with van der Waals surface area (Å²) in [5.41, 5.74) is 0. The second-order valence-electron chi connectivity index (χ2n) is 3.19. The van der Waals surface area contributed by atoms with Crippen molar-refractivity contribution >= 4 is 7.12 Å². The third kappa shape index (κ3) is 8.32. The highest BCUT2D eigenvalue weighted by molar-refractivity contribution is 6.44. The van der Waals surface area contributed by atoms with Crippen molar-refractivity contribution in [2.45, 2.75) is 52.8 Å². The van der Waals surface area contributed by atoms with Crippen molar-refractivity contribution in [1.82, 2.24) is 0 Å². The summed E-state index contributed by atoms with van der Waals surface area (Å²) in [5.74, 6) is 0. The van der Waals surface area contributed by atoms with Crippen molar-refractivity contribution in [2.75, 3.05) is 13.2 Å². The first-order chi connectivity index (χ1) is 6.35. The van der Waals surface area contributed by atoms with E-state index in [1.165, 1.54) is 25.7 Å². The fourth-order valence-electron chi connectivity index (χ4n) is 1.32. The zero-order chi connectivity index (χ0) is 9.94. The highest BCUT2D eigenvalue weighted by Crippen LogP contribution is 2.07. The smallest absolute Gasteiger partial charge is 0.411 e. The van der Waals surface area contributed by atoms with Crippen molar-refractivity contribution in [2.24, 2.45) is 0 Å². The monoisotopic (exact) mass is 186 g/mol. The molecule has 0 N–H and O–H groups in total. The summed E-state index contributed by atoms with van der Waals surface area (Å²) in [6.45, 7) is 7.75. The molecule has 78 valence electrons. The highest BCUT2D eigenvalue weighted by atomic mass is 16.6. The van der Waals surface area contributed by atoms with Gasteiger partial charge in [-0.3, -0.25) is 0 Å². The first-order valence-corrected chi connectivity index (χ1v) is 5.58. The molecule has 0 radical (unpaired) electrons. The number of rotatable bonds is 9. The van der Waals surface area contributed by atoms with Gasteiger partial charge in [-0.25, -0.2) is 0 Å². The van der Waals surface area contributed by atoms with Crippen LogP contribution in [0, 0.1) is 0 Å².